The lowest BCUT2D eigenvalue weighted by molar-refractivity contribution is -0.137. The fraction of sp³-hybridized carbons (Fsp3) is 0.875. The normalized spacial score (nSPS) is 15.9. The molecule has 2 atom stereocenters. The van der Waals surface area contributed by atoms with Crippen molar-refractivity contribution in [3.63, 3.8) is 0 Å². The minimum atomic E-state index is -0.805. The molecule has 0 amide bonds. The van der Waals surface area contributed by atoms with Crippen LogP contribution < -0.4 is 5.73 Å². The number of hydrogen-bond donors (Lipinski definition) is 2. The highest BCUT2D eigenvalue weighted by molar-refractivity contribution is 5.67. The smallest absolute Gasteiger partial charge is 0.304 e. The Labute approximate surface area is 67.6 Å². The number of hydrogen-bond acceptors (Lipinski definition) is 2. The molecule has 3 N–H and O–H groups in total. The summed E-state index contributed by atoms with van der Waals surface area (Å²) >= 11 is 0. The molecule has 3 heteroatoms. The van der Waals surface area contributed by atoms with Crippen LogP contribution >= 0.6 is 0 Å². The monoisotopic (exact) mass is 159 g/mol. The minimum absolute atomic E-state index is 0.0876. The van der Waals surface area contributed by atoms with E-state index in [1.165, 1.54) is 0 Å². The van der Waals surface area contributed by atoms with E-state index >= 15 is 0 Å². The zero-order chi connectivity index (χ0) is 8.85. The largest absolute Gasteiger partial charge is 0.481 e. The molecule has 0 spiro atoms. The average Bonchev–Trinajstić information content (AvgIpc) is 1.85. The van der Waals surface area contributed by atoms with Gasteiger partial charge in [-0.3, -0.25) is 4.79 Å². The Bertz CT molecular complexity index is 125. The Hall–Kier alpha value is -0.570. The van der Waals surface area contributed by atoms with E-state index in [0.29, 0.717) is 5.92 Å². The topological polar surface area (TPSA) is 63.3 Å². The molecule has 0 aromatic carbocycles. The van der Waals surface area contributed by atoms with Crippen LogP contribution in [0.3, 0.4) is 0 Å². The van der Waals surface area contributed by atoms with Crippen molar-refractivity contribution in [1.82, 2.24) is 0 Å². The zero-order valence-corrected chi connectivity index (χ0v) is 7.21. The summed E-state index contributed by atoms with van der Waals surface area (Å²) in [6, 6.07) is -0.178. The summed E-state index contributed by atoms with van der Waals surface area (Å²) in [5.41, 5.74) is 5.57. The van der Waals surface area contributed by atoms with Gasteiger partial charge in [0.25, 0.3) is 0 Å². The van der Waals surface area contributed by atoms with E-state index in [-0.39, 0.29) is 12.5 Å². The van der Waals surface area contributed by atoms with Crippen LogP contribution in [0.4, 0.5) is 0 Å². The van der Waals surface area contributed by atoms with Gasteiger partial charge in [0.1, 0.15) is 0 Å². The zero-order valence-electron chi connectivity index (χ0n) is 7.21. The van der Waals surface area contributed by atoms with Gasteiger partial charge in [-0.05, 0) is 12.3 Å². The fourth-order valence-electron chi connectivity index (χ4n) is 0.991. The Balaban J connectivity index is 3.51. The third-order valence-corrected chi connectivity index (χ3v) is 1.84. The van der Waals surface area contributed by atoms with Crippen LogP contribution in [0.15, 0.2) is 0 Å². The van der Waals surface area contributed by atoms with Crippen molar-refractivity contribution in [1.29, 1.82) is 0 Å². The van der Waals surface area contributed by atoms with Crippen LogP contribution in [0.25, 0.3) is 0 Å². The number of carboxylic acids is 1. The lowest BCUT2D eigenvalue weighted by Crippen LogP contribution is -2.25. The Morgan fingerprint density at radius 3 is 2.55 bits per heavy atom. The first-order chi connectivity index (χ1) is 5.06. The summed E-state index contributed by atoms with van der Waals surface area (Å²) in [7, 11) is 0. The van der Waals surface area contributed by atoms with Gasteiger partial charge in [-0.2, -0.15) is 0 Å². The predicted octanol–water partition coefficient (Wildman–Crippen LogP) is 1.22. The van der Waals surface area contributed by atoms with Crippen LogP contribution in [0.5, 0.6) is 0 Å². The molecular weight excluding hydrogens is 142 g/mol. The van der Waals surface area contributed by atoms with Gasteiger partial charge in [-0.15, -0.1) is 0 Å². The molecule has 0 aliphatic heterocycles. The number of aliphatic carboxylic acids is 1. The summed E-state index contributed by atoms with van der Waals surface area (Å²) in [4.78, 5) is 10.2. The van der Waals surface area contributed by atoms with E-state index in [4.69, 9.17) is 10.8 Å². The Morgan fingerprint density at radius 1 is 1.64 bits per heavy atom. The van der Waals surface area contributed by atoms with Gasteiger partial charge in [0.2, 0.25) is 0 Å². The van der Waals surface area contributed by atoms with Crippen LogP contribution in [0.2, 0.25) is 0 Å². The summed E-state index contributed by atoms with van der Waals surface area (Å²) < 4.78 is 0. The van der Waals surface area contributed by atoms with Gasteiger partial charge in [-0.1, -0.05) is 20.3 Å². The lowest BCUT2D eigenvalue weighted by Gasteiger charge is -2.13. The van der Waals surface area contributed by atoms with Crippen molar-refractivity contribution < 1.29 is 9.90 Å². The molecule has 0 aromatic heterocycles. The average molecular weight is 159 g/mol. The van der Waals surface area contributed by atoms with Gasteiger partial charge in [0, 0.05) is 6.04 Å². The van der Waals surface area contributed by atoms with Crippen molar-refractivity contribution in [3.8, 4) is 0 Å². The van der Waals surface area contributed by atoms with Crippen molar-refractivity contribution in [3.05, 3.63) is 0 Å². The highest BCUT2D eigenvalue weighted by Crippen LogP contribution is 2.09. The van der Waals surface area contributed by atoms with E-state index in [0.717, 1.165) is 12.8 Å². The molecule has 0 aliphatic rings. The molecule has 0 fully saturated rings. The molecular formula is C8H17NO2. The third-order valence-electron chi connectivity index (χ3n) is 1.84. The second kappa shape index (κ2) is 5.13. The number of carbonyl (C=O) groups is 1. The molecule has 66 valence electrons. The maximum absolute atomic E-state index is 10.2. The van der Waals surface area contributed by atoms with E-state index < -0.39 is 5.97 Å². The maximum atomic E-state index is 10.2. The molecule has 1 unspecified atom stereocenters. The minimum Gasteiger partial charge on any atom is -0.481 e. The van der Waals surface area contributed by atoms with Crippen LogP contribution in [-0.4, -0.2) is 17.1 Å². The van der Waals surface area contributed by atoms with Gasteiger partial charge in [0.15, 0.2) is 0 Å². The summed E-state index contributed by atoms with van der Waals surface area (Å²) in [6.45, 7) is 4.17. The molecule has 0 saturated heterocycles. The summed E-state index contributed by atoms with van der Waals surface area (Å²) in [5, 5.41) is 8.39. The van der Waals surface area contributed by atoms with Gasteiger partial charge in [0.05, 0.1) is 6.42 Å². The van der Waals surface area contributed by atoms with Gasteiger partial charge < -0.3 is 10.8 Å². The molecule has 3 nitrogen and oxygen atoms in total. The number of rotatable bonds is 5. The highest BCUT2D eigenvalue weighted by Gasteiger charge is 2.10. The molecule has 0 rings (SSSR count). The van der Waals surface area contributed by atoms with E-state index in [1.54, 1.807) is 0 Å². The van der Waals surface area contributed by atoms with Crippen LogP contribution in [-0.2, 0) is 4.79 Å². The second-order valence-corrected chi connectivity index (χ2v) is 3.11. The van der Waals surface area contributed by atoms with E-state index in [2.05, 4.69) is 13.8 Å². The maximum Gasteiger partial charge on any atom is 0.304 e. The molecule has 0 heterocycles. The first-order valence-corrected chi connectivity index (χ1v) is 4.03. The van der Waals surface area contributed by atoms with Crippen molar-refractivity contribution in [2.24, 2.45) is 11.7 Å². The third kappa shape index (κ3) is 5.85. The molecule has 0 aliphatic carbocycles. The standard InChI is InChI=1S/C8H17NO2/c1-3-6(2)4-7(9)5-8(10)11/h6-7H,3-5,9H2,1-2H3,(H,10,11)/t6?,7-/m0/s1. The molecule has 11 heavy (non-hydrogen) atoms. The summed E-state index contributed by atoms with van der Waals surface area (Å²) in [6.07, 6.45) is 1.96. The van der Waals surface area contributed by atoms with Gasteiger partial charge >= 0.3 is 5.97 Å². The Morgan fingerprint density at radius 2 is 2.18 bits per heavy atom. The van der Waals surface area contributed by atoms with Crippen molar-refractivity contribution >= 4 is 5.97 Å². The Kier molecular flexibility index (Phi) is 4.86. The predicted molar refractivity (Wildman–Crippen MR) is 44.3 cm³/mol. The molecule has 0 aromatic rings. The number of carboxylic acid groups (broad SMARTS) is 1. The van der Waals surface area contributed by atoms with Gasteiger partial charge in [-0.25, -0.2) is 0 Å². The SMILES string of the molecule is CCC(C)C[C@H](N)CC(=O)O. The molecule has 0 saturated carbocycles. The van der Waals surface area contributed by atoms with E-state index in [9.17, 15) is 4.79 Å². The second-order valence-electron chi connectivity index (χ2n) is 3.11. The first kappa shape index (κ1) is 10.4. The lowest BCUT2D eigenvalue weighted by atomic mass is 9.98. The highest BCUT2D eigenvalue weighted by atomic mass is 16.4. The number of nitrogens with two attached hydrogens (primary N) is 1. The molecule has 0 bridgehead atoms. The quantitative estimate of drug-likeness (QED) is 0.634. The van der Waals surface area contributed by atoms with Crippen LogP contribution in [0, 0.1) is 5.92 Å². The van der Waals surface area contributed by atoms with E-state index in [1.807, 2.05) is 0 Å². The van der Waals surface area contributed by atoms with Crippen LogP contribution in [0.1, 0.15) is 33.1 Å². The summed E-state index contributed by atoms with van der Waals surface area (Å²) in [5.74, 6) is -0.273. The fourth-order valence-corrected chi connectivity index (χ4v) is 0.991. The van der Waals surface area contributed by atoms with Crippen molar-refractivity contribution in [2.45, 2.75) is 39.2 Å². The molecule has 0 radical (unpaired) electrons. The first-order valence-electron chi connectivity index (χ1n) is 4.03. The van der Waals surface area contributed by atoms with Crippen molar-refractivity contribution in [2.75, 3.05) is 0 Å².